The molecule has 34 heavy (non-hydrogen) atoms. The van der Waals surface area contributed by atoms with E-state index in [0.717, 1.165) is 5.56 Å². The number of amides is 2. The summed E-state index contributed by atoms with van der Waals surface area (Å²) >= 11 is 5.61. The Morgan fingerprint density at radius 3 is 2.15 bits per heavy atom. The molecular weight excluding hydrogens is 460 g/mol. The molecule has 0 spiro atoms. The van der Waals surface area contributed by atoms with Gasteiger partial charge in [-0.25, -0.2) is 8.78 Å². The molecule has 0 saturated carbocycles. The Kier molecular flexibility index (Phi) is 6.83. The number of nitrogens with zero attached hydrogens (tertiary/aromatic N) is 2. The van der Waals surface area contributed by atoms with Crippen molar-refractivity contribution in [3.05, 3.63) is 90.0 Å². The van der Waals surface area contributed by atoms with E-state index in [1.54, 1.807) is 24.1 Å². The minimum atomic E-state index is -0.875. The maximum Gasteiger partial charge on any atom is 0.256 e. The molecule has 1 atom stereocenters. The van der Waals surface area contributed by atoms with E-state index in [9.17, 15) is 18.4 Å². The Bertz CT molecular complexity index is 1200. The van der Waals surface area contributed by atoms with Crippen LogP contribution in [-0.2, 0) is 16.1 Å². The fourth-order valence-corrected chi connectivity index (χ4v) is 4.08. The van der Waals surface area contributed by atoms with E-state index in [2.05, 4.69) is 5.32 Å². The Balaban J connectivity index is 1.59. The van der Waals surface area contributed by atoms with E-state index in [1.165, 1.54) is 53.4 Å². The van der Waals surface area contributed by atoms with Gasteiger partial charge in [-0.15, -0.1) is 0 Å². The van der Waals surface area contributed by atoms with Crippen LogP contribution >= 0.6 is 12.2 Å². The number of halogens is 2. The Labute approximate surface area is 200 Å². The van der Waals surface area contributed by atoms with Gasteiger partial charge in [0.05, 0.1) is 19.2 Å². The first-order valence-electron chi connectivity index (χ1n) is 10.4. The van der Waals surface area contributed by atoms with Crippen molar-refractivity contribution in [1.82, 2.24) is 4.90 Å². The maximum absolute atomic E-state index is 13.4. The molecule has 0 bridgehead atoms. The molecule has 0 unspecified atom stereocenters. The molecule has 1 aliphatic heterocycles. The summed E-state index contributed by atoms with van der Waals surface area (Å²) in [5.41, 5.74) is 1.69. The number of thiocarbonyl (C=S) groups is 1. The zero-order valence-electron chi connectivity index (χ0n) is 18.2. The molecule has 1 aliphatic rings. The van der Waals surface area contributed by atoms with Crippen molar-refractivity contribution >= 4 is 40.5 Å². The number of anilines is 2. The molecule has 3 aromatic carbocycles. The zero-order chi connectivity index (χ0) is 24.2. The van der Waals surface area contributed by atoms with Crippen molar-refractivity contribution in [3.8, 4) is 5.75 Å². The first-order valence-corrected chi connectivity index (χ1v) is 10.8. The van der Waals surface area contributed by atoms with E-state index >= 15 is 0 Å². The number of carbonyl (C=O) groups excluding carboxylic acids is 2. The van der Waals surface area contributed by atoms with Crippen molar-refractivity contribution in [2.45, 2.75) is 19.0 Å². The van der Waals surface area contributed by atoms with Crippen LogP contribution in [0.3, 0.4) is 0 Å². The molecule has 9 heteroatoms. The highest BCUT2D eigenvalue weighted by atomic mass is 32.1. The van der Waals surface area contributed by atoms with Crippen LogP contribution in [-0.4, -0.2) is 35.0 Å². The number of rotatable bonds is 7. The van der Waals surface area contributed by atoms with Gasteiger partial charge < -0.3 is 15.0 Å². The van der Waals surface area contributed by atoms with Gasteiger partial charge in [0.15, 0.2) is 5.11 Å². The Morgan fingerprint density at radius 2 is 1.56 bits per heavy atom. The molecule has 0 aliphatic carbocycles. The van der Waals surface area contributed by atoms with Crippen LogP contribution in [0.15, 0.2) is 72.8 Å². The smallest absolute Gasteiger partial charge is 0.256 e. The standard InChI is InChI=1S/C25H21F2N3O3S/c1-33-21-12-2-16(3-13-21)15-29-22(14-23(31)28-19-8-4-17(26)5-9-19)24(32)30(25(29)34)20-10-6-18(27)7-11-20/h2-13,22H,14-15H2,1H3,(H,28,31)/t22-/m1/s1. The van der Waals surface area contributed by atoms with E-state index in [-0.39, 0.29) is 24.0 Å². The summed E-state index contributed by atoms with van der Waals surface area (Å²) in [7, 11) is 1.57. The van der Waals surface area contributed by atoms with Crippen LogP contribution in [0.4, 0.5) is 20.2 Å². The van der Waals surface area contributed by atoms with Crippen molar-refractivity contribution < 1.29 is 23.1 Å². The summed E-state index contributed by atoms with van der Waals surface area (Å²) in [6.07, 6.45) is -0.176. The summed E-state index contributed by atoms with van der Waals surface area (Å²) in [6, 6.07) is 17.2. The molecule has 1 fully saturated rings. The zero-order valence-corrected chi connectivity index (χ0v) is 19.0. The van der Waals surface area contributed by atoms with Gasteiger partial charge in [0, 0.05) is 12.2 Å². The van der Waals surface area contributed by atoms with Gasteiger partial charge in [0.2, 0.25) is 5.91 Å². The highest BCUT2D eigenvalue weighted by molar-refractivity contribution is 7.80. The van der Waals surface area contributed by atoms with E-state index in [0.29, 0.717) is 17.1 Å². The predicted molar refractivity (Wildman–Crippen MR) is 128 cm³/mol. The maximum atomic E-state index is 13.4. The molecule has 1 heterocycles. The van der Waals surface area contributed by atoms with Crippen LogP contribution in [0.1, 0.15) is 12.0 Å². The number of hydrogen-bond acceptors (Lipinski definition) is 4. The van der Waals surface area contributed by atoms with Crippen molar-refractivity contribution in [2.75, 3.05) is 17.3 Å². The van der Waals surface area contributed by atoms with Crippen LogP contribution in [0, 0.1) is 11.6 Å². The largest absolute Gasteiger partial charge is 0.497 e. The van der Waals surface area contributed by atoms with Gasteiger partial charge in [-0.2, -0.15) is 0 Å². The lowest BCUT2D eigenvalue weighted by Crippen LogP contribution is -2.37. The van der Waals surface area contributed by atoms with Crippen molar-refractivity contribution in [3.63, 3.8) is 0 Å². The Morgan fingerprint density at radius 1 is 0.971 bits per heavy atom. The lowest BCUT2D eigenvalue weighted by molar-refractivity contribution is -0.124. The summed E-state index contributed by atoms with van der Waals surface area (Å²) in [5, 5.41) is 2.90. The molecule has 174 valence electrons. The normalized spacial score (nSPS) is 15.6. The molecule has 0 aromatic heterocycles. The number of methoxy groups -OCH3 is 1. The van der Waals surface area contributed by atoms with Crippen LogP contribution < -0.4 is 15.0 Å². The highest BCUT2D eigenvalue weighted by Crippen LogP contribution is 2.29. The number of ether oxygens (including phenoxy) is 1. The van der Waals surface area contributed by atoms with Crippen LogP contribution in [0.25, 0.3) is 0 Å². The second-order valence-electron chi connectivity index (χ2n) is 7.68. The van der Waals surface area contributed by atoms with Crippen LogP contribution in [0.2, 0.25) is 0 Å². The molecule has 6 nitrogen and oxygen atoms in total. The van der Waals surface area contributed by atoms with Gasteiger partial charge in [-0.05, 0) is 78.4 Å². The fourth-order valence-electron chi connectivity index (χ4n) is 3.69. The molecular formula is C25H21F2N3O3S. The van der Waals surface area contributed by atoms with Gasteiger partial charge >= 0.3 is 0 Å². The third-order valence-corrected chi connectivity index (χ3v) is 5.84. The monoisotopic (exact) mass is 481 g/mol. The number of benzene rings is 3. The van der Waals surface area contributed by atoms with E-state index < -0.39 is 23.6 Å². The number of hydrogen-bond donors (Lipinski definition) is 1. The van der Waals surface area contributed by atoms with E-state index in [4.69, 9.17) is 17.0 Å². The van der Waals surface area contributed by atoms with Gasteiger partial charge in [0.1, 0.15) is 23.4 Å². The first kappa shape index (κ1) is 23.3. The van der Waals surface area contributed by atoms with Crippen LogP contribution in [0.5, 0.6) is 5.75 Å². The SMILES string of the molecule is COc1ccc(CN2C(=S)N(c3ccc(F)cc3)C(=O)[C@H]2CC(=O)Nc2ccc(F)cc2)cc1. The molecule has 1 saturated heterocycles. The third-order valence-electron chi connectivity index (χ3n) is 5.42. The topological polar surface area (TPSA) is 61.9 Å². The second kappa shape index (κ2) is 9.96. The lowest BCUT2D eigenvalue weighted by Gasteiger charge is -2.24. The molecule has 4 rings (SSSR count). The molecule has 1 N–H and O–H groups in total. The van der Waals surface area contributed by atoms with Gasteiger partial charge in [-0.1, -0.05) is 12.1 Å². The van der Waals surface area contributed by atoms with Gasteiger partial charge in [-0.3, -0.25) is 14.5 Å². The van der Waals surface area contributed by atoms with Crippen molar-refractivity contribution in [1.29, 1.82) is 0 Å². The minimum Gasteiger partial charge on any atom is -0.497 e. The fraction of sp³-hybridized carbons (Fsp3) is 0.160. The molecule has 3 aromatic rings. The summed E-state index contributed by atoms with van der Waals surface area (Å²) < 4.78 is 31.8. The third kappa shape index (κ3) is 5.04. The molecule has 2 amide bonds. The van der Waals surface area contributed by atoms with E-state index in [1.807, 2.05) is 12.1 Å². The lowest BCUT2D eigenvalue weighted by atomic mass is 10.1. The number of nitrogens with one attached hydrogen (secondary N) is 1. The summed E-state index contributed by atoms with van der Waals surface area (Å²) in [4.78, 5) is 29.1. The highest BCUT2D eigenvalue weighted by Gasteiger charge is 2.44. The number of carbonyl (C=O) groups is 2. The van der Waals surface area contributed by atoms with Crippen molar-refractivity contribution in [2.24, 2.45) is 0 Å². The minimum absolute atomic E-state index is 0.176. The summed E-state index contributed by atoms with van der Waals surface area (Å²) in [5.74, 6) is -0.985. The average molecular weight is 482 g/mol. The average Bonchev–Trinajstić information content (AvgIpc) is 3.05. The molecule has 0 radical (unpaired) electrons. The quantitative estimate of drug-likeness (QED) is 0.504. The van der Waals surface area contributed by atoms with Gasteiger partial charge in [0.25, 0.3) is 5.91 Å². The predicted octanol–water partition coefficient (Wildman–Crippen LogP) is 4.50. The first-order chi connectivity index (χ1) is 16.4. The second-order valence-corrected chi connectivity index (χ2v) is 8.05. The summed E-state index contributed by atoms with van der Waals surface area (Å²) in [6.45, 7) is 0.279. The Hall–Kier alpha value is -3.85.